The van der Waals surface area contributed by atoms with Crippen molar-refractivity contribution >= 4 is 29.9 Å². The SMILES string of the molecule is CCNC(=NCc1cccc(OC(C)C)c1)NCCCOCCOC.I. The summed E-state index contributed by atoms with van der Waals surface area (Å²) in [4.78, 5) is 4.63. The predicted molar refractivity (Wildman–Crippen MR) is 118 cm³/mol. The number of hydrogen-bond donors (Lipinski definition) is 2. The number of ether oxygens (including phenoxy) is 3. The van der Waals surface area contributed by atoms with Crippen molar-refractivity contribution in [1.29, 1.82) is 0 Å². The van der Waals surface area contributed by atoms with Crippen molar-refractivity contribution in [1.82, 2.24) is 10.6 Å². The molecule has 0 atom stereocenters. The van der Waals surface area contributed by atoms with Crippen LogP contribution in [0.3, 0.4) is 0 Å². The molecule has 26 heavy (non-hydrogen) atoms. The molecule has 1 aromatic carbocycles. The van der Waals surface area contributed by atoms with Crippen molar-refractivity contribution in [2.75, 3.05) is 40.0 Å². The molecule has 150 valence electrons. The summed E-state index contributed by atoms with van der Waals surface area (Å²) >= 11 is 0. The number of rotatable bonds is 12. The van der Waals surface area contributed by atoms with Crippen molar-refractivity contribution in [3.63, 3.8) is 0 Å². The molecule has 2 N–H and O–H groups in total. The molecule has 7 heteroatoms. The van der Waals surface area contributed by atoms with E-state index in [1.165, 1.54) is 0 Å². The second-order valence-electron chi connectivity index (χ2n) is 5.89. The molecule has 0 heterocycles. The fraction of sp³-hybridized carbons (Fsp3) is 0.632. The maximum absolute atomic E-state index is 5.73. The van der Waals surface area contributed by atoms with Gasteiger partial charge < -0.3 is 24.8 Å². The number of aliphatic imine (C=N–C) groups is 1. The third-order valence-corrected chi connectivity index (χ3v) is 3.22. The Labute approximate surface area is 175 Å². The van der Waals surface area contributed by atoms with E-state index in [-0.39, 0.29) is 30.1 Å². The highest BCUT2D eigenvalue weighted by Crippen LogP contribution is 2.15. The van der Waals surface area contributed by atoms with Crippen LogP contribution in [-0.4, -0.2) is 52.1 Å². The van der Waals surface area contributed by atoms with Crippen LogP contribution in [0, 0.1) is 0 Å². The Balaban J connectivity index is 0.00000625. The Morgan fingerprint density at radius 1 is 1.15 bits per heavy atom. The molecule has 1 aromatic rings. The van der Waals surface area contributed by atoms with Gasteiger partial charge in [0, 0.05) is 26.8 Å². The summed E-state index contributed by atoms with van der Waals surface area (Å²) in [7, 11) is 1.68. The molecule has 0 fully saturated rings. The fourth-order valence-corrected chi connectivity index (χ4v) is 2.13. The van der Waals surface area contributed by atoms with Crippen LogP contribution in [0.15, 0.2) is 29.3 Å². The molecule has 6 nitrogen and oxygen atoms in total. The molecule has 0 spiro atoms. The van der Waals surface area contributed by atoms with Crippen LogP contribution in [0.25, 0.3) is 0 Å². The third kappa shape index (κ3) is 12.3. The Hall–Kier alpha value is -1.06. The van der Waals surface area contributed by atoms with Crippen LogP contribution >= 0.6 is 24.0 Å². The molecule has 0 amide bonds. The van der Waals surface area contributed by atoms with E-state index in [2.05, 4.69) is 28.6 Å². The lowest BCUT2D eigenvalue weighted by Gasteiger charge is -2.12. The second kappa shape index (κ2) is 16.1. The van der Waals surface area contributed by atoms with E-state index in [1.807, 2.05) is 32.0 Å². The van der Waals surface area contributed by atoms with Crippen LogP contribution in [0.1, 0.15) is 32.8 Å². The number of halogens is 1. The summed E-state index contributed by atoms with van der Waals surface area (Å²) in [6.45, 7) is 10.3. The summed E-state index contributed by atoms with van der Waals surface area (Å²) in [6, 6.07) is 8.07. The molecule has 0 radical (unpaired) electrons. The van der Waals surface area contributed by atoms with Gasteiger partial charge in [-0.1, -0.05) is 12.1 Å². The number of methoxy groups -OCH3 is 1. The Kier molecular flexibility index (Phi) is 15.5. The highest BCUT2D eigenvalue weighted by molar-refractivity contribution is 14.0. The summed E-state index contributed by atoms with van der Waals surface area (Å²) < 4.78 is 16.1. The average molecular weight is 479 g/mol. The molecule has 0 aromatic heterocycles. The van der Waals surface area contributed by atoms with E-state index in [4.69, 9.17) is 14.2 Å². The summed E-state index contributed by atoms with van der Waals surface area (Å²) in [6.07, 6.45) is 1.09. The second-order valence-corrected chi connectivity index (χ2v) is 5.89. The van der Waals surface area contributed by atoms with Gasteiger partial charge in [-0.2, -0.15) is 0 Å². The van der Waals surface area contributed by atoms with Crippen LogP contribution < -0.4 is 15.4 Å². The van der Waals surface area contributed by atoms with Gasteiger partial charge in [0.15, 0.2) is 5.96 Å². The summed E-state index contributed by atoms with van der Waals surface area (Å²) in [5, 5.41) is 6.58. The third-order valence-electron chi connectivity index (χ3n) is 3.22. The first-order chi connectivity index (χ1) is 12.2. The minimum atomic E-state index is 0. The van der Waals surface area contributed by atoms with Crippen LogP contribution in [0.2, 0.25) is 0 Å². The molecule has 1 rings (SSSR count). The Bertz CT molecular complexity index is 499. The Morgan fingerprint density at radius 2 is 1.96 bits per heavy atom. The van der Waals surface area contributed by atoms with E-state index in [0.717, 1.165) is 36.8 Å². The monoisotopic (exact) mass is 479 g/mol. The van der Waals surface area contributed by atoms with Crippen LogP contribution in [-0.2, 0) is 16.0 Å². The van der Waals surface area contributed by atoms with E-state index >= 15 is 0 Å². The topological polar surface area (TPSA) is 64.1 Å². The molecule has 0 aliphatic heterocycles. The van der Waals surface area contributed by atoms with E-state index in [9.17, 15) is 0 Å². The number of hydrogen-bond acceptors (Lipinski definition) is 4. The first-order valence-corrected chi connectivity index (χ1v) is 9.00. The van der Waals surface area contributed by atoms with Crippen molar-refractivity contribution in [3.8, 4) is 5.75 Å². The van der Waals surface area contributed by atoms with Gasteiger partial charge in [-0.25, -0.2) is 4.99 Å². The maximum atomic E-state index is 5.73. The molecule has 0 saturated heterocycles. The van der Waals surface area contributed by atoms with Gasteiger partial charge in [0.1, 0.15) is 5.75 Å². The average Bonchev–Trinajstić information content (AvgIpc) is 2.58. The predicted octanol–water partition coefficient (Wildman–Crippen LogP) is 3.20. The van der Waals surface area contributed by atoms with Crippen molar-refractivity contribution in [2.24, 2.45) is 4.99 Å². The highest BCUT2D eigenvalue weighted by Gasteiger charge is 2.01. The van der Waals surface area contributed by atoms with E-state index < -0.39 is 0 Å². The first kappa shape index (κ1) is 24.9. The molecular formula is C19H34IN3O3. The Morgan fingerprint density at radius 3 is 2.65 bits per heavy atom. The van der Waals surface area contributed by atoms with Gasteiger partial charge in [0.2, 0.25) is 0 Å². The summed E-state index contributed by atoms with van der Waals surface area (Å²) in [5.41, 5.74) is 1.12. The highest BCUT2D eigenvalue weighted by atomic mass is 127. The molecular weight excluding hydrogens is 445 g/mol. The quantitative estimate of drug-likeness (QED) is 0.209. The zero-order valence-electron chi connectivity index (χ0n) is 16.4. The molecule has 0 unspecified atom stereocenters. The van der Waals surface area contributed by atoms with Crippen molar-refractivity contribution in [2.45, 2.75) is 39.8 Å². The summed E-state index contributed by atoms with van der Waals surface area (Å²) in [5.74, 6) is 1.70. The number of nitrogens with one attached hydrogen (secondary N) is 2. The van der Waals surface area contributed by atoms with Crippen LogP contribution in [0.5, 0.6) is 5.75 Å². The standard InChI is InChI=1S/C19H33N3O3.HI/c1-5-20-19(21-10-7-11-24-13-12-23-4)22-15-17-8-6-9-18(14-17)25-16(2)3;/h6,8-9,14,16H,5,7,10-13,15H2,1-4H3,(H2,20,21,22);1H. The van der Waals surface area contributed by atoms with Gasteiger partial charge in [0.25, 0.3) is 0 Å². The maximum Gasteiger partial charge on any atom is 0.191 e. The van der Waals surface area contributed by atoms with Gasteiger partial charge in [0.05, 0.1) is 25.9 Å². The van der Waals surface area contributed by atoms with Gasteiger partial charge in [-0.3, -0.25) is 0 Å². The smallest absolute Gasteiger partial charge is 0.191 e. The van der Waals surface area contributed by atoms with Gasteiger partial charge in [-0.05, 0) is 44.9 Å². The lowest BCUT2D eigenvalue weighted by atomic mass is 10.2. The van der Waals surface area contributed by atoms with Gasteiger partial charge in [-0.15, -0.1) is 24.0 Å². The van der Waals surface area contributed by atoms with E-state index in [1.54, 1.807) is 7.11 Å². The number of guanidine groups is 1. The minimum absolute atomic E-state index is 0. The molecule has 0 aliphatic carbocycles. The minimum Gasteiger partial charge on any atom is -0.491 e. The number of benzene rings is 1. The lowest BCUT2D eigenvalue weighted by molar-refractivity contribution is 0.0698. The first-order valence-electron chi connectivity index (χ1n) is 9.00. The zero-order chi connectivity index (χ0) is 18.3. The number of nitrogens with zero attached hydrogens (tertiary/aromatic N) is 1. The largest absolute Gasteiger partial charge is 0.491 e. The van der Waals surface area contributed by atoms with Crippen molar-refractivity contribution < 1.29 is 14.2 Å². The molecule has 0 aliphatic rings. The lowest BCUT2D eigenvalue weighted by Crippen LogP contribution is -2.38. The normalized spacial score (nSPS) is 11.2. The molecule has 0 saturated carbocycles. The zero-order valence-corrected chi connectivity index (χ0v) is 18.7. The fourth-order valence-electron chi connectivity index (χ4n) is 2.13. The van der Waals surface area contributed by atoms with Crippen LogP contribution in [0.4, 0.5) is 0 Å². The molecule has 0 bridgehead atoms. The van der Waals surface area contributed by atoms with E-state index in [0.29, 0.717) is 26.4 Å². The van der Waals surface area contributed by atoms with Crippen molar-refractivity contribution in [3.05, 3.63) is 29.8 Å². The van der Waals surface area contributed by atoms with Gasteiger partial charge >= 0.3 is 0 Å².